The van der Waals surface area contributed by atoms with Crippen molar-refractivity contribution in [2.75, 3.05) is 6.61 Å². The predicted molar refractivity (Wildman–Crippen MR) is 52.1 cm³/mol. The van der Waals surface area contributed by atoms with Gasteiger partial charge >= 0.3 is 0 Å². The molecular weight excluding hydrogens is 197 g/mol. The van der Waals surface area contributed by atoms with Crippen molar-refractivity contribution in [3.8, 4) is 0 Å². The maximum absolute atomic E-state index is 12.6. The number of halogens is 1. The number of hydrogen-bond donors (Lipinski definition) is 0. The Labute approximate surface area is 87.4 Å². The minimum absolute atomic E-state index is 0.00873. The van der Waals surface area contributed by atoms with Crippen molar-refractivity contribution in [1.29, 1.82) is 0 Å². The van der Waals surface area contributed by atoms with Gasteiger partial charge in [0.2, 0.25) is 5.91 Å². The monoisotopic (exact) mass is 209 g/mol. The van der Waals surface area contributed by atoms with Crippen LogP contribution < -0.4 is 0 Å². The first-order chi connectivity index (χ1) is 7.25. The Morgan fingerprint density at radius 1 is 1.33 bits per heavy atom. The molecule has 0 bridgehead atoms. The quantitative estimate of drug-likeness (QED) is 0.744. The van der Waals surface area contributed by atoms with Crippen molar-refractivity contribution in [3.05, 3.63) is 35.6 Å². The smallest absolute Gasteiger partial charge is 0.246 e. The molecule has 0 aliphatic carbocycles. The average molecular weight is 209 g/mol. The van der Waals surface area contributed by atoms with E-state index in [2.05, 4.69) is 0 Å². The first-order valence-corrected chi connectivity index (χ1v) is 4.93. The average Bonchev–Trinajstić information content (AvgIpc) is 2.25. The zero-order chi connectivity index (χ0) is 10.7. The highest BCUT2D eigenvalue weighted by Crippen LogP contribution is 2.12. The molecule has 1 aromatic rings. The highest BCUT2D eigenvalue weighted by Gasteiger charge is 2.18. The van der Waals surface area contributed by atoms with Gasteiger partial charge in [-0.05, 0) is 24.1 Å². The largest absolute Gasteiger partial charge is 0.273 e. The second-order valence-electron chi connectivity index (χ2n) is 3.49. The lowest BCUT2D eigenvalue weighted by Gasteiger charge is -2.25. The number of amides is 1. The Morgan fingerprint density at radius 2 is 2.07 bits per heavy atom. The van der Waals surface area contributed by atoms with Crippen molar-refractivity contribution in [2.24, 2.45) is 0 Å². The minimum Gasteiger partial charge on any atom is -0.273 e. The van der Waals surface area contributed by atoms with E-state index >= 15 is 0 Å². The van der Waals surface area contributed by atoms with Crippen LogP contribution in [0.4, 0.5) is 4.39 Å². The SMILES string of the molecule is O=C1CCCON1Cc1ccc(F)cc1. The molecule has 1 aliphatic rings. The fraction of sp³-hybridized carbons (Fsp3) is 0.364. The maximum Gasteiger partial charge on any atom is 0.246 e. The number of carbonyl (C=O) groups excluding carboxylic acids is 1. The van der Waals surface area contributed by atoms with Gasteiger partial charge in [-0.25, -0.2) is 9.45 Å². The van der Waals surface area contributed by atoms with Crippen molar-refractivity contribution >= 4 is 5.91 Å². The minimum atomic E-state index is -0.273. The lowest BCUT2D eigenvalue weighted by molar-refractivity contribution is -0.201. The lowest BCUT2D eigenvalue weighted by atomic mass is 10.2. The summed E-state index contributed by atoms with van der Waals surface area (Å²) in [5.74, 6) is -0.282. The summed E-state index contributed by atoms with van der Waals surface area (Å²) in [6, 6.07) is 6.06. The third-order valence-electron chi connectivity index (χ3n) is 2.30. The molecule has 0 spiro atoms. The highest BCUT2D eigenvalue weighted by atomic mass is 19.1. The molecule has 1 aliphatic heterocycles. The van der Waals surface area contributed by atoms with Gasteiger partial charge in [0.05, 0.1) is 13.2 Å². The molecule has 0 unspecified atom stereocenters. The third-order valence-corrected chi connectivity index (χ3v) is 2.30. The van der Waals surface area contributed by atoms with Gasteiger partial charge in [-0.2, -0.15) is 0 Å². The molecule has 0 radical (unpaired) electrons. The van der Waals surface area contributed by atoms with Crippen LogP contribution in [0, 0.1) is 5.82 Å². The van der Waals surface area contributed by atoms with Gasteiger partial charge in [-0.3, -0.25) is 9.63 Å². The van der Waals surface area contributed by atoms with Gasteiger partial charge in [-0.1, -0.05) is 12.1 Å². The maximum atomic E-state index is 12.6. The summed E-state index contributed by atoms with van der Waals surface area (Å²) < 4.78 is 12.6. The van der Waals surface area contributed by atoms with E-state index in [-0.39, 0.29) is 11.7 Å². The van der Waals surface area contributed by atoms with Crippen molar-refractivity contribution in [3.63, 3.8) is 0 Å². The number of rotatable bonds is 2. The van der Waals surface area contributed by atoms with Crippen LogP contribution in [0.1, 0.15) is 18.4 Å². The van der Waals surface area contributed by atoms with E-state index in [9.17, 15) is 9.18 Å². The van der Waals surface area contributed by atoms with E-state index in [1.807, 2.05) is 0 Å². The Balaban J connectivity index is 2.01. The number of hydroxylamine groups is 2. The summed E-state index contributed by atoms with van der Waals surface area (Å²) in [5, 5.41) is 1.34. The van der Waals surface area contributed by atoms with Crippen LogP contribution in [0.15, 0.2) is 24.3 Å². The number of benzene rings is 1. The molecule has 1 saturated heterocycles. The second kappa shape index (κ2) is 4.40. The Bertz CT molecular complexity index is 350. The van der Waals surface area contributed by atoms with E-state index in [1.165, 1.54) is 17.2 Å². The summed E-state index contributed by atoms with van der Waals surface area (Å²) >= 11 is 0. The van der Waals surface area contributed by atoms with Gasteiger partial charge in [0.25, 0.3) is 0 Å². The first-order valence-electron chi connectivity index (χ1n) is 4.93. The van der Waals surface area contributed by atoms with E-state index in [1.54, 1.807) is 12.1 Å². The van der Waals surface area contributed by atoms with Gasteiger partial charge in [0.15, 0.2) is 0 Å². The van der Waals surface area contributed by atoms with Gasteiger partial charge in [0, 0.05) is 6.42 Å². The Hall–Kier alpha value is -1.42. The molecule has 1 heterocycles. The van der Waals surface area contributed by atoms with Gasteiger partial charge in [0.1, 0.15) is 5.82 Å². The molecule has 0 saturated carbocycles. The number of hydrogen-bond acceptors (Lipinski definition) is 2. The molecule has 3 nitrogen and oxygen atoms in total. The van der Waals surface area contributed by atoms with E-state index in [0.717, 1.165) is 12.0 Å². The normalized spacial score (nSPS) is 16.9. The fourth-order valence-corrected chi connectivity index (χ4v) is 1.48. The van der Waals surface area contributed by atoms with Crippen LogP contribution in [0.25, 0.3) is 0 Å². The van der Waals surface area contributed by atoms with Crippen LogP contribution in [-0.4, -0.2) is 17.6 Å². The third kappa shape index (κ3) is 2.53. The van der Waals surface area contributed by atoms with Crippen molar-refractivity contribution in [2.45, 2.75) is 19.4 Å². The van der Waals surface area contributed by atoms with Crippen LogP contribution in [0.3, 0.4) is 0 Å². The van der Waals surface area contributed by atoms with Crippen LogP contribution in [-0.2, 0) is 16.2 Å². The molecule has 0 atom stereocenters. The summed E-state index contributed by atoms with van der Waals surface area (Å²) in [6.45, 7) is 0.964. The van der Waals surface area contributed by atoms with E-state index in [4.69, 9.17) is 4.84 Å². The zero-order valence-electron chi connectivity index (χ0n) is 8.28. The summed E-state index contributed by atoms with van der Waals surface area (Å²) in [4.78, 5) is 16.6. The van der Waals surface area contributed by atoms with Crippen molar-refractivity contribution in [1.82, 2.24) is 5.06 Å². The van der Waals surface area contributed by atoms with Crippen LogP contribution in [0.2, 0.25) is 0 Å². The molecule has 1 amide bonds. The molecule has 0 aromatic heterocycles. The Kier molecular flexibility index (Phi) is 2.97. The summed E-state index contributed by atoms with van der Waals surface area (Å²) in [6.07, 6.45) is 1.31. The predicted octanol–water partition coefficient (Wildman–Crippen LogP) is 1.88. The number of carbonyl (C=O) groups is 1. The molecule has 0 N–H and O–H groups in total. The molecule has 15 heavy (non-hydrogen) atoms. The highest BCUT2D eigenvalue weighted by molar-refractivity contribution is 5.75. The Morgan fingerprint density at radius 3 is 2.73 bits per heavy atom. The van der Waals surface area contributed by atoms with E-state index in [0.29, 0.717) is 19.6 Å². The van der Waals surface area contributed by atoms with Gasteiger partial charge in [-0.15, -0.1) is 0 Å². The summed E-state index contributed by atoms with van der Waals surface area (Å²) in [5.41, 5.74) is 0.867. The molecule has 80 valence electrons. The fourth-order valence-electron chi connectivity index (χ4n) is 1.48. The van der Waals surface area contributed by atoms with Gasteiger partial charge < -0.3 is 0 Å². The first kappa shape index (κ1) is 10.1. The number of nitrogens with zero attached hydrogens (tertiary/aromatic N) is 1. The topological polar surface area (TPSA) is 29.5 Å². The van der Waals surface area contributed by atoms with Crippen LogP contribution in [0.5, 0.6) is 0 Å². The molecule has 4 heteroatoms. The molecule has 2 rings (SSSR count). The zero-order valence-corrected chi connectivity index (χ0v) is 8.28. The molecule has 1 aromatic carbocycles. The molecule has 1 fully saturated rings. The summed E-state index contributed by atoms with van der Waals surface area (Å²) in [7, 11) is 0. The molecular formula is C11H12FNO2. The van der Waals surface area contributed by atoms with Crippen LogP contribution >= 0.6 is 0 Å². The van der Waals surface area contributed by atoms with Crippen molar-refractivity contribution < 1.29 is 14.0 Å². The van der Waals surface area contributed by atoms with E-state index < -0.39 is 0 Å². The standard InChI is InChI=1S/C11H12FNO2/c12-10-5-3-9(4-6-10)8-13-11(14)2-1-7-15-13/h3-6H,1-2,7-8H2. The lowest BCUT2D eigenvalue weighted by Crippen LogP contribution is -2.34. The second-order valence-corrected chi connectivity index (χ2v) is 3.49.